The number of ether oxygens (including phenoxy) is 1. The predicted octanol–water partition coefficient (Wildman–Crippen LogP) is 3.25. The fraction of sp³-hybridized carbons (Fsp3) is 0.261. The van der Waals surface area contributed by atoms with Crippen molar-refractivity contribution >= 4 is 27.3 Å². The molecule has 0 spiro atoms. The van der Waals surface area contributed by atoms with Crippen molar-refractivity contribution in [1.82, 2.24) is 9.88 Å². The number of nitrogens with two attached hydrogens (primary N) is 1. The average Bonchev–Trinajstić information content (AvgIpc) is 3.23. The van der Waals surface area contributed by atoms with Gasteiger partial charge in [0.2, 0.25) is 10.0 Å². The second-order valence-electron chi connectivity index (χ2n) is 7.92. The van der Waals surface area contributed by atoms with E-state index in [0.717, 1.165) is 10.4 Å². The fourth-order valence-corrected chi connectivity index (χ4v) is 5.36. The number of hydrogen-bond acceptors (Lipinski definition) is 7. The van der Waals surface area contributed by atoms with Crippen molar-refractivity contribution in [2.75, 3.05) is 13.1 Å². The molecule has 0 aliphatic carbocycles. The number of primary sulfonamides is 1. The summed E-state index contributed by atoms with van der Waals surface area (Å²) in [6, 6.07) is 15.2. The van der Waals surface area contributed by atoms with Crippen LogP contribution in [0.1, 0.15) is 29.2 Å². The SMILES string of the molecule is C[C@@H]1CN(C(=O)c2nc(-c3ccc(C#N)cc3)c(-c3ccc(S(N)(=O)=O)cc3)s2)C[C@H](C)O1. The molecule has 1 aliphatic rings. The fourth-order valence-electron chi connectivity index (χ4n) is 3.78. The van der Waals surface area contributed by atoms with Crippen LogP contribution in [-0.2, 0) is 14.8 Å². The number of morpholine rings is 1. The van der Waals surface area contributed by atoms with Gasteiger partial charge in [0.15, 0.2) is 5.01 Å². The standard InChI is InChI=1S/C23H22N4O4S2/c1-14-12-27(13-15(2)31-14)23(28)22-26-20(17-5-3-16(11-24)4-6-17)21(32-22)18-7-9-19(10-8-18)33(25,29)30/h3-10,14-15H,12-13H2,1-2H3,(H2,25,29,30)/t14-,15+. The normalized spacial score (nSPS) is 18.7. The van der Waals surface area contributed by atoms with Gasteiger partial charge in [-0.15, -0.1) is 11.3 Å². The quantitative estimate of drug-likeness (QED) is 0.608. The van der Waals surface area contributed by atoms with E-state index in [1.807, 2.05) is 13.8 Å². The minimum absolute atomic E-state index is 0.00304. The summed E-state index contributed by atoms with van der Waals surface area (Å²) in [4.78, 5) is 20.4. The van der Waals surface area contributed by atoms with E-state index in [-0.39, 0.29) is 23.0 Å². The molecule has 4 rings (SSSR count). The van der Waals surface area contributed by atoms with Crippen LogP contribution in [-0.4, -0.2) is 49.5 Å². The highest BCUT2D eigenvalue weighted by Gasteiger charge is 2.29. The van der Waals surface area contributed by atoms with Crippen molar-refractivity contribution in [2.45, 2.75) is 31.0 Å². The highest BCUT2D eigenvalue weighted by atomic mass is 32.2. The summed E-state index contributed by atoms with van der Waals surface area (Å²) in [5, 5.41) is 14.7. The maximum absolute atomic E-state index is 13.3. The van der Waals surface area contributed by atoms with Crippen LogP contribution in [0.2, 0.25) is 0 Å². The zero-order chi connectivity index (χ0) is 23.8. The van der Waals surface area contributed by atoms with Gasteiger partial charge in [-0.3, -0.25) is 4.79 Å². The summed E-state index contributed by atoms with van der Waals surface area (Å²) in [5.74, 6) is -0.177. The molecule has 3 aromatic rings. The number of hydrogen-bond donors (Lipinski definition) is 1. The molecule has 8 nitrogen and oxygen atoms in total. The molecule has 2 N–H and O–H groups in total. The van der Waals surface area contributed by atoms with Crippen LogP contribution in [0.3, 0.4) is 0 Å². The Morgan fingerprint density at radius 1 is 1.09 bits per heavy atom. The Labute approximate surface area is 196 Å². The van der Waals surface area contributed by atoms with Gasteiger partial charge in [-0.05, 0) is 43.7 Å². The van der Waals surface area contributed by atoms with Crippen molar-refractivity contribution in [1.29, 1.82) is 5.26 Å². The van der Waals surface area contributed by atoms with E-state index in [2.05, 4.69) is 11.1 Å². The molecular weight excluding hydrogens is 460 g/mol. The van der Waals surface area contributed by atoms with Crippen LogP contribution in [0.5, 0.6) is 0 Å². The Morgan fingerprint density at radius 3 is 2.21 bits per heavy atom. The maximum atomic E-state index is 13.3. The Bertz CT molecular complexity index is 1320. The summed E-state index contributed by atoms with van der Waals surface area (Å²) in [6.45, 7) is 4.82. The lowest BCUT2D eigenvalue weighted by atomic mass is 10.1. The second-order valence-corrected chi connectivity index (χ2v) is 10.5. The van der Waals surface area contributed by atoms with Crippen molar-refractivity contribution < 1.29 is 17.9 Å². The molecule has 1 amide bonds. The van der Waals surface area contributed by atoms with E-state index in [1.165, 1.54) is 23.5 Å². The Kier molecular flexibility index (Phi) is 6.32. The van der Waals surface area contributed by atoms with E-state index in [1.54, 1.807) is 41.3 Å². The number of carbonyl (C=O) groups is 1. The van der Waals surface area contributed by atoms with Gasteiger partial charge in [0.25, 0.3) is 5.91 Å². The lowest BCUT2D eigenvalue weighted by Crippen LogP contribution is -2.48. The molecule has 0 unspecified atom stereocenters. The smallest absolute Gasteiger partial charge is 0.283 e. The van der Waals surface area contributed by atoms with Gasteiger partial charge in [0.1, 0.15) is 0 Å². The largest absolute Gasteiger partial charge is 0.372 e. The third-order valence-electron chi connectivity index (χ3n) is 5.25. The molecule has 0 bridgehead atoms. The molecule has 1 aliphatic heterocycles. The number of rotatable bonds is 4. The van der Waals surface area contributed by atoms with Gasteiger partial charge in [-0.25, -0.2) is 18.5 Å². The topological polar surface area (TPSA) is 126 Å². The molecule has 2 aromatic carbocycles. The lowest BCUT2D eigenvalue weighted by molar-refractivity contribution is -0.0586. The number of amides is 1. The molecule has 1 fully saturated rings. The predicted molar refractivity (Wildman–Crippen MR) is 125 cm³/mol. The third kappa shape index (κ3) is 4.96. The summed E-state index contributed by atoms with van der Waals surface area (Å²) in [7, 11) is -3.82. The Hall–Kier alpha value is -3.10. The summed E-state index contributed by atoms with van der Waals surface area (Å²) in [6.07, 6.45) is -0.137. The van der Waals surface area contributed by atoms with E-state index < -0.39 is 10.0 Å². The van der Waals surface area contributed by atoms with Crippen molar-refractivity contribution in [3.05, 3.63) is 59.1 Å². The third-order valence-corrected chi connectivity index (χ3v) is 7.27. The molecular formula is C23H22N4O4S2. The average molecular weight is 483 g/mol. The monoisotopic (exact) mass is 482 g/mol. The van der Waals surface area contributed by atoms with Crippen LogP contribution >= 0.6 is 11.3 Å². The second kappa shape index (κ2) is 9.03. The van der Waals surface area contributed by atoms with Gasteiger partial charge >= 0.3 is 0 Å². The first kappa shape index (κ1) is 23.1. The van der Waals surface area contributed by atoms with Gasteiger partial charge < -0.3 is 9.64 Å². The first-order valence-electron chi connectivity index (χ1n) is 10.2. The molecule has 33 heavy (non-hydrogen) atoms. The highest BCUT2D eigenvalue weighted by Crippen LogP contribution is 2.38. The van der Waals surface area contributed by atoms with Gasteiger partial charge in [-0.2, -0.15) is 5.26 Å². The summed E-state index contributed by atoms with van der Waals surface area (Å²) < 4.78 is 29.0. The van der Waals surface area contributed by atoms with Gasteiger partial charge in [0, 0.05) is 18.7 Å². The van der Waals surface area contributed by atoms with Gasteiger partial charge in [-0.1, -0.05) is 24.3 Å². The van der Waals surface area contributed by atoms with Crippen LogP contribution in [0.15, 0.2) is 53.4 Å². The lowest BCUT2D eigenvalue weighted by Gasteiger charge is -2.34. The number of thiazole rings is 1. The first-order valence-corrected chi connectivity index (χ1v) is 12.6. The Morgan fingerprint density at radius 2 is 1.67 bits per heavy atom. The van der Waals surface area contributed by atoms with Crippen molar-refractivity contribution in [2.24, 2.45) is 5.14 Å². The molecule has 2 atom stereocenters. The molecule has 0 radical (unpaired) electrons. The van der Waals surface area contributed by atoms with Crippen LogP contribution < -0.4 is 5.14 Å². The van der Waals surface area contributed by atoms with Gasteiger partial charge in [0.05, 0.1) is 39.3 Å². The summed E-state index contributed by atoms with van der Waals surface area (Å²) in [5.41, 5.74) is 2.56. The van der Waals surface area contributed by atoms with Crippen LogP contribution in [0.25, 0.3) is 21.7 Å². The molecule has 170 valence electrons. The van der Waals surface area contributed by atoms with E-state index in [0.29, 0.717) is 34.9 Å². The van der Waals surface area contributed by atoms with Crippen LogP contribution in [0, 0.1) is 11.3 Å². The molecule has 2 heterocycles. The summed E-state index contributed by atoms with van der Waals surface area (Å²) >= 11 is 1.25. The number of aromatic nitrogens is 1. The van der Waals surface area contributed by atoms with Crippen LogP contribution in [0.4, 0.5) is 0 Å². The zero-order valence-corrected chi connectivity index (χ0v) is 19.7. The first-order chi connectivity index (χ1) is 15.7. The maximum Gasteiger partial charge on any atom is 0.283 e. The molecule has 1 aromatic heterocycles. The van der Waals surface area contributed by atoms with E-state index in [4.69, 9.17) is 15.1 Å². The molecule has 1 saturated heterocycles. The zero-order valence-electron chi connectivity index (χ0n) is 18.1. The molecule has 10 heteroatoms. The highest BCUT2D eigenvalue weighted by molar-refractivity contribution is 7.89. The number of carbonyl (C=O) groups excluding carboxylic acids is 1. The van der Waals surface area contributed by atoms with E-state index in [9.17, 15) is 13.2 Å². The number of nitriles is 1. The van der Waals surface area contributed by atoms with Crippen molar-refractivity contribution in [3.63, 3.8) is 0 Å². The minimum atomic E-state index is -3.82. The number of nitrogens with zero attached hydrogens (tertiary/aromatic N) is 3. The Balaban J connectivity index is 1.78. The number of sulfonamides is 1. The number of benzene rings is 2. The van der Waals surface area contributed by atoms with Crippen molar-refractivity contribution in [3.8, 4) is 27.8 Å². The molecule has 0 saturated carbocycles. The minimum Gasteiger partial charge on any atom is -0.372 e. The van der Waals surface area contributed by atoms with E-state index >= 15 is 0 Å².